The highest BCUT2D eigenvalue weighted by Gasteiger charge is 2.05. The van der Waals surface area contributed by atoms with Crippen LogP contribution >= 0.6 is 12.4 Å². The maximum atomic E-state index is 11.4. The second-order valence-corrected chi connectivity index (χ2v) is 3.52. The van der Waals surface area contributed by atoms with E-state index in [2.05, 4.69) is 10.6 Å². The van der Waals surface area contributed by atoms with E-state index in [0.717, 1.165) is 0 Å². The molecule has 2 amide bonds. The Balaban J connectivity index is 0.00000324. The Morgan fingerprint density at radius 2 is 1.79 bits per heavy atom. The molecule has 1 aromatic rings. The average molecular weight is 288 g/mol. The van der Waals surface area contributed by atoms with Crippen LogP contribution in [-0.2, 0) is 9.59 Å². The molecule has 0 heterocycles. The molecule has 0 bridgehead atoms. The second kappa shape index (κ2) is 10.2. The van der Waals surface area contributed by atoms with Crippen molar-refractivity contribution >= 4 is 24.2 Å². The third-order valence-electron chi connectivity index (χ3n) is 2.03. The smallest absolute Gasteiger partial charge is 0.258 e. The van der Waals surface area contributed by atoms with E-state index in [0.29, 0.717) is 18.8 Å². The summed E-state index contributed by atoms with van der Waals surface area (Å²) in [5, 5.41) is 4.99. The number of ether oxygens (including phenoxy) is 1. The summed E-state index contributed by atoms with van der Waals surface area (Å²) in [6.45, 7) is 0.581. The molecule has 106 valence electrons. The van der Waals surface area contributed by atoms with Crippen molar-refractivity contribution in [1.82, 2.24) is 10.6 Å². The van der Waals surface area contributed by atoms with Crippen LogP contribution in [0, 0.1) is 0 Å². The third-order valence-corrected chi connectivity index (χ3v) is 2.03. The molecular formula is C12H18ClN3O3. The number of carbonyl (C=O) groups excluding carboxylic acids is 2. The first-order valence-electron chi connectivity index (χ1n) is 5.63. The molecule has 0 aliphatic rings. The maximum absolute atomic E-state index is 11.4. The van der Waals surface area contributed by atoms with Crippen molar-refractivity contribution in [2.45, 2.75) is 0 Å². The molecule has 0 saturated carbocycles. The molecule has 7 heteroatoms. The Kier molecular flexibility index (Phi) is 9.20. The summed E-state index contributed by atoms with van der Waals surface area (Å²) < 4.78 is 5.22. The number of hydrogen-bond donors (Lipinski definition) is 3. The number of rotatable bonds is 7. The van der Waals surface area contributed by atoms with E-state index in [-0.39, 0.29) is 37.4 Å². The summed E-state index contributed by atoms with van der Waals surface area (Å²) in [4.78, 5) is 22.5. The van der Waals surface area contributed by atoms with Crippen LogP contribution in [0.5, 0.6) is 5.75 Å². The van der Waals surface area contributed by atoms with Crippen molar-refractivity contribution in [3.8, 4) is 5.75 Å². The van der Waals surface area contributed by atoms with Crippen molar-refractivity contribution in [1.29, 1.82) is 0 Å². The van der Waals surface area contributed by atoms with Crippen molar-refractivity contribution in [2.24, 2.45) is 5.73 Å². The number of nitrogens with one attached hydrogen (secondary N) is 2. The normalized spacial score (nSPS) is 9.11. The molecule has 0 fully saturated rings. The predicted octanol–water partition coefficient (Wildman–Crippen LogP) is -0.322. The van der Waals surface area contributed by atoms with Crippen LogP contribution in [0.3, 0.4) is 0 Å². The van der Waals surface area contributed by atoms with Gasteiger partial charge in [0.1, 0.15) is 5.75 Å². The number of hydrogen-bond acceptors (Lipinski definition) is 4. The lowest BCUT2D eigenvalue weighted by molar-refractivity contribution is -0.127. The molecule has 0 radical (unpaired) electrons. The minimum Gasteiger partial charge on any atom is -0.484 e. The SMILES string of the molecule is Cl.NCCNC(=O)CNC(=O)COc1ccccc1. The highest BCUT2D eigenvalue weighted by atomic mass is 35.5. The molecule has 1 aromatic carbocycles. The summed E-state index contributed by atoms with van der Waals surface area (Å²) in [5.74, 6) is -0.00417. The van der Waals surface area contributed by atoms with Gasteiger partial charge in [0.15, 0.2) is 6.61 Å². The zero-order valence-electron chi connectivity index (χ0n) is 10.4. The lowest BCUT2D eigenvalue weighted by atomic mass is 10.3. The number of benzene rings is 1. The van der Waals surface area contributed by atoms with Gasteiger partial charge < -0.3 is 21.1 Å². The van der Waals surface area contributed by atoms with Gasteiger partial charge in [-0.1, -0.05) is 18.2 Å². The van der Waals surface area contributed by atoms with Crippen molar-refractivity contribution in [2.75, 3.05) is 26.2 Å². The summed E-state index contributed by atoms with van der Waals surface area (Å²) in [5.41, 5.74) is 5.22. The molecule has 0 atom stereocenters. The summed E-state index contributed by atoms with van der Waals surface area (Å²) in [6.07, 6.45) is 0. The molecule has 6 nitrogen and oxygen atoms in total. The molecule has 0 spiro atoms. The van der Waals surface area contributed by atoms with E-state index in [9.17, 15) is 9.59 Å². The highest BCUT2D eigenvalue weighted by Crippen LogP contribution is 2.07. The van der Waals surface area contributed by atoms with Gasteiger partial charge in [-0.15, -0.1) is 12.4 Å². The average Bonchev–Trinajstić information content (AvgIpc) is 2.41. The van der Waals surface area contributed by atoms with E-state index in [1.807, 2.05) is 18.2 Å². The fourth-order valence-corrected chi connectivity index (χ4v) is 1.17. The van der Waals surface area contributed by atoms with Crippen LogP contribution in [0.2, 0.25) is 0 Å². The summed E-state index contributed by atoms with van der Waals surface area (Å²) in [6, 6.07) is 8.98. The Morgan fingerprint density at radius 1 is 1.11 bits per heavy atom. The van der Waals surface area contributed by atoms with E-state index in [1.165, 1.54) is 0 Å². The van der Waals surface area contributed by atoms with E-state index < -0.39 is 0 Å². The Labute approximate surface area is 118 Å². The number of halogens is 1. The van der Waals surface area contributed by atoms with E-state index >= 15 is 0 Å². The second-order valence-electron chi connectivity index (χ2n) is 3.52. The Hall–Kier alpha value is -1.79. The minimum absolute atomic E-state index is 0. The first kappa shape index (κ1) is 17.2. The maximum Gasteiger partial charge on any atom is 0.258 e. The lowest BCUT2D eigenvalue weighted by Gasteiger charge is -2.07. The molecule has 0 saturated heterocycles. The van der Waals surface area contributed by atoms with E-state index in [1.54, 1.807) is 12.1 Å². The van der Waals surface area contributed by atoms with Gasteiger partial charge in [0.05, 0.1) is 6.54 Å². The first-order chi connectivity index (χ1) is 8.72. The molecule has 4 N–H and O–H groups in total. The zero-order chi connectivity index (χ0) is 13.2. The van der Waals surface area contributed by atoms with Crippen molar-refractivity contribution in [3.05, 3.63) is 30.3 Å². The van der Waals surface area contributed by atoms with Gasteiger partial charge in [0, 0.05) is 13.1 Å². The highest BCUT2D eigenvalue weighted by molar-refractivity contribution is 5.85. The number of nitrogens with two attached hydrogens (primary N) is 1. The van der Waals surface area contributed by atoms with Crippen molar-refractivity contribution in [3.63, 3.8) is 0 Å². The number of carbonyl (C=O) groups is 2. The van der Waals surface area contributed by atoms with Gasteiger partial charge in [-0.05, 0) is 12.1 Å². The first-order valence-corrected chi connectivity index (χ1v) is 5.63. The quantitative estimate of drug-likeness (QED) is 0.641. The topological polar surface area (TPSA) is 93.5 Å². The van der Waals surface area contributed by atoms with Crippen LogP contribution in [0.1, 0.15) is 0 Å². The van der Waals surface area contributed by atoms with Gasteiger partial charge in [-0.3, -0.25) is 9.59 Å². The van der Waals surface area contributed by atoms with Gasteiger partial charge in [0.2, 0.25) is 5.91 Å². The van der Waals surface area contributed by atoms with Crippen LogP contribution in [0.25, 0.3) is 0 Å². The van der Waals surface area contributed by atoms with E-state index in [4.69, 9.17) is 10.5 Å². The number of para-hydroxylation sites is 1. The summed E-state index contributed by atoms with van der Waals surface area (Å²) >= 11 is 0. The fraction of sp³-hybridized carbons (Fsp3) is 0.333. The van der Waals surface area contributed by atoms with Crippen LogP contribution in [0.15, 0.2) is 30.3 Å². The van der Waals surface area contributed by atoms with Gasteiger partial charge in [0.25, 0.3) is 5.91 Å². The Morgan fingerprint density at radius 3 is 2.42 bits per heavy atom. The van der Waals surface area contributed by atoms with Gasteiger partial charge in [-0.25, -0.2) is 0 Å². The molecule has 0 aliphatic heterocycles. The molecular weight excluding hydrogens is 270 g/mol. The van der Waals surface area contributed by atoms with Gasteiger partial charge in [-0.2, -0.15) is 0 Å². The Bertz CT molecular complexity index is 387. The van der Waals surface area contributed by atoms with Crippen LogP contribution in [0.4, 0.5) is 0 Å². The monoisotopic (exact) mass is 287 g/mol. The third kappa shape index (κ3) is 8.01. The minimum atomic E-state index is -0.346. The molecule has 1 rings (SSSR count). The summed E-state index contributed by atoms with van der Waals surface area (Å²) in [7, 11) is 0. The van der Waals surface area contributed by atoms with Crippen LogP contribution in [-0.4, -0.2) is 38.1 Å². The number of amides is 2. The molecule has 0 aliphatic carbocycles. The largest absolute Gasteiger partial charge is 0.484 e. The van der Waals surface area contributed by atoms with Crippen LogP contribution < -0.4 is 21.1 Å². The predicted molar refractivity (Wildman–Crippen MR) is 74.3 cm³/mol. The fourth-order valence-electron chi connectivity index (χ4n) is 1.17. The molecule has 0 unspecified atom stereocenters. The molecule has 19 heavy (non-hydrogen) atoms. The molecule has 0 aromatic heterocycles. The lowest BCUT2D eigenvalue weighted by Crippen LogP contribution is -2.40. The van der Waals surface area contributed by atoms with Crippen molar-refractivity contribution < 1.29 is 14.3 Å². The standard InChI is InChI=1S/C12H17N3O3.ClH/c13-6-7-14-11(16)8-15-12(17)9-18-10-4-2-1-3-5-10;/h1-5H,6-9,13H2,(H,14,16)(H,15,17);1H. The van der Waals surface area contributed by atoms with Gasteiger partial charge >= 0.3 is 0 Å². The zero-order valence-corrected chi connectivity index (χ0v) is 11.2.